The third-order valence-electron chi connectivity index (χ3n) is 4.73. The van der Waals surface area contributed by atoms with Crippen LogP contribution in [0.15, 0.2) is 78.9 Å². The second-order valence-electron chi connectivity index (χ2n) is 6.80. The van der Waals surface area contributed by atoms with Crippen molar-refractivity contribution in [3.63, 3.8) is 0 Å². The van der Waals surface area contributed by atoms with Gasteiger partial charge in [0.05, 0.1) is 5.52 Å². The van der Waals surface area contributed by atoms with Crippen LogP contribution in [0.4, 0.5) is 14.5 Å². The van der Waals surface area contributed by atoms with Gasteiger partial charge in [0.2, 0.25) is 0 Å². The summed E-state index contributed by atoms with van der Waals surface area (Å²) in [4.78, 5) is 4.47. The van der Waals surface area contributed by atoms with Gasteiger partial charge in [-0.1, -0.05) is 48.5 Å². The van der Waals surface area contributed by atoms with E-state index in [1.54, 1.807) is 6.07 Å². The van der Waals surface area contributed by atoms with Gasteiger partial charge in [-0.15, -0.1) is 0 Å². The molecule has 1 N–H and O–H groups in total. The first kappa shape index (κ1) is 18.1. The Morgan fingerprint density at radius 3 is 2.36 bits per heavy atom. The van der Waals surface area contributed by atoms with Crippen LogP contribution in [0.3, 0.4) is 0 Å². The Hall–Kier alpha value is -3.27. The fourth-order valence-corrected chi connectivity index (χ4v) is 3.21. The van der Waals surface area contributed by atoms with Gasteiger partial charge in [0.15, 0.2) is 11.6 Å². The van der Waals surface area contributed by atoms with Crippen LogP contribution in [0, 0.1) is 11.6 Å². The predicted octanol–water partition coefficient (Wildman–Crippen LogP) is 5.91. The van der Waals surface area contributed by atoms with Crippen molar-refractivity contribution in [3.8, 4) is 0 Å². The number of pyridine rings is 1. The molecule has 0 aliphatic heterocycles. The van der Waals surface area contributed by atoms with Gasteiger partial charge in [-0.25, -0.2) is 8.78 Å². The summed E-state index contributed by atoms with van der Waals surface area (Å²) in [6.45, 7) is 0.776. The fourth-order valence-electron chi connectivity index (χ4n) is 3.21. The molecule has 28 heavy (non-hydrogen) atoms. The lowest BCUT2D eigenvalue weighted by Crippen LogP contribution is -2.00. The van der Waals surface area contributed by atoms with E-state index in [9.17, 15) is 8.78 Å². The minimum absolute atomic E-state index is 0.481. The van der Waals surface area contributed by atoms with Crippen molar-refractivity contribution < 1.29 is 8.78 Å². The van der Waals surface area contributed by atoms with Crippen LogP contribution >= 0.6 is 0 Å². The van der Waals surface area contributed by atoms with Gasteiger partial charge >= 0.3 is 0 Å². The van der Waals surface area contributed by atoms with Crippen molar-refractivity contribution in [1.82, 2.24) is 4.98 Å². The minimum atomic E-state index is -0.866. The smallest absolute Gasteiger partial charge is 0.161 e. The van der Waals surface area contributed by atoms with Crippen molar-refractivity contribution in [2.75, 3.05) is 5.32 Å². The number of benzene rings is 3. The van der Waals surface area contributed by atoms with Crippen molar-refractivity contribution in [2.24, 2.45) is 0 Å². The average molecular weight is 374 g/mol. The maximum absolute atomic E-state index is 13.4. The number of halogens is 2. The van der Waals surface area contributed by atoms with Crippen LogP contribution in [0.2, 0.25) is 0 Å². The highest BCUT2D eigenvalue weighted by Crippen LogP contribution is 2.19. The number of aryl methyl sites for hydroxylation is 2. The first-order valence-electron chi connectivity index (χ1n) is 9.29. The number of nitrogens with one attached hydrogen (secondary N) is 1. The Kier molecular flexibility index (Phi) is 5.29. The molecule has 1 heterocycles. The Morgan fingerprint density at radius 1 is 0.714 bits per heavy atom. The molecule has 0 radical (unpaired) electrons. The van der Waals surface area contributed by atoms with E-state index in [1.807, 2.05) is 30.3 Å². The second-order valence-corrected chi connectivity index (χ2v) is 6.80. The van der Waals surface area contributed by atoms with Crippen LogP contribution in [0.5, 0.6) is 0 Å². The van der Waals surface area contributed by atoms with Crippen molar-refractivity contribution in [1.29, 1.82) is 0 Å². The third-order valence-corrected chi connectivity index (χ3v) is 4.73. The number of nitrogens with zero attached hydrogens (tertiary/aromatic N) is 1. The van der Waals surface area contributed by atoms with Crippen LogP contribution in [-0.2, 0) is 19.4 Å². The molecule has 0 aliphatic rings. The summed E-state index contributed by atoms with van der Waals surface area (Å²) in [5.41, 5.74) is 4.85. The highest BCUT2D eigenvalue weighted by molar-refractivity contribution is 5.78. The Labute approximate surface area is 162 Å². The van der Waals surface area contributed by atoms with E-state index < -0.39 is 11.6 Å². The van der Waals surface area contributed by atoms with Crippen LogP contribution in [0.1, 0.15) is 16.8 Å². The summed E-state index contributed by atoms with van der Waals surface area (Å²) >= 11 is 0. The molecule has 0 spiro atoms. The lowest BCUT2D eigenvalue weighted by molar-refractivity contribution is 0.510. The van der Waals surface area contributed by atoms with Gasteiger partial charge in [0, 0.05) is 29.4 Å². The first-order valence-corrected chi connectivity index (χ1v) is 9.29. The summed E-state index contributed by atoms with van der Waals surface area (Å²) in [5, 5.41) is 4.05. The van der Waals surface area contributed by atoms with E-state index in [0.717, 1.165) is 36.8 Å². The molecule has 0 fully saturated rings. The van der Waals surface area contributed by atoms with E-state index in [2.05, 4.69) is 40.6 Å². The fraction of sp³-hybridized carbons (Fsp3) is 0.125. The van der Waals surface area contributed by atoms with Gasteiger partial charge < -0.3 is 5.32 Å². The summed E-state index contributed by atoms with van der Waals surface area (Å²) in [6, 6.07) is 24.6. The molecule has 0 aliphatic carbocycles. The predicted molar refractivity (Wildman–Crippen MR) is 109 cm³/mol. The van der Waals surface area contributed by atoms with Gasteiger partial charge in [-0.2, -0.15) is 0 Å². The Bertz CT molecular complexity index is 1090. The van der Waals surface area contributed by atoms with E-state index >= 15 is 0 Å². The molecule has 0 atom stereocenters. The lowest BCUT2D eigenvalue weighted by atomic mass is 10.1. The average Bonchev–Trinajstić information content (AvgIpc) is 2.73. The number of fused-ring (bicyclic) bond motifs is 1. The summed E-state index contributed by atoms with van der Waals surface area (Å²) in [5.74, 6) is -1.71. The van der Waals surface area contributed by atoms with E-state index in [-0.39, 0.29) is 0 Å². The normalized spacial score (nSPS) is 10.9. The number of hydrogen-bond acceptors (Lipinski definition) is 2. The van der Waals surface area contributed by atoms with Gasteiger partial charge in [0.1, 0.15) is 0 Å². The summed E-state index contributed by atoms with van der Waals surface area (Å²) in [7, 11) is 0. The summed E-state index contributed by atoms with van der Waals surface area (Å²) < 4.78 is 26.8. The Balaban J connectivity index is 1.42. The topological polar surface area (TPSA) is 24.9 Å². The first-order chi connectivity index (χ1) is 13.7. The lowest BCUT2D eigenvalue weighted by Gasteiger charge is -2.09. The zero-order valence-electron chi connectivity index (χ0n) is 15.3. The molecule has 0 unspecified atom stereocenters. The number of rotatable bonds is 6. The summed E-state index contributed by atoms with van der Waals surface area (Å²) in [6.07, 6.45) is 1.56. The molecule has 4 heteroatoms. The third kappa shape index (κ3) is 4.34. The van der Waals surface area contributed by atoms with E-state index in [1.165, 1.54) is 17.2 Å². The maximum Gasteiger partial charge on any atom is 0.161 e. The zero-order chi connectivity index (χ0) is 19.3. The minimum Gasteiger partial charge on any atom is -0.381 e. The van der Waals surface area contributed by atoms with Gasteiger partial charge in [-0.3, -0.25) is 4.98 Å². The molecule has 0 amide bonds. The van der Waals surface area contributed by atoms with Crippen LogP contribution in [-0.4, -0.2) is 4.98 Å². The highest BCUT2D eigenvalue weighted by Gasteiger charge is 2.06. The molecule has 140 valence electrons. The molecule has 0 bridgehead atoms. The van der Waals surface area contributed by atoms with Gasteiger partial charge in [0.25, 0.3) is 0 Å². The van der Waals surface area contributed by atoms with Crippen molar-refractivity contribution >= 4 is 16.6 Å². The molecule has 4 aromatic rings. The molecule has 3 aromatic carbocycles. The van der Waals surface area contributed by atoms with Crippen LogP contribution in [0.25, 0.3) is 10.9 Å². The zero-order valence-corrected chi connectivity index (χ0v) is 15.3. The molecular formula is C24H20F2N2. The van der Waals surface area contributed by atoms with Gasteiger partial charge in [-0.05, 0) is 48.2 Å². The molecule has 2 nitrogen and oxygen atoms in total. The standard InChI is InChI=1S/C24H20F2N2/c25-22-14-19-10-12-20(28-24(19)15-23(22)26)11-9-17-7-4-8-21(13-17)27-16-18-5-2-1-3-6-18/h1-8,10,12-15,27H,9,11,16H2. The maximum atomic E-state index is 13.4. The highest BCUT2D eigenvalue weighted by atomic mass is 19.2. The van der Waals surface area contributed by atoms with Crippen molar-refractivity contribution in [2.45, 2.75) is 19.4 Å². The Morgan fingerprint density at radius 2 is 1.50 bits per heavy atom. The van der Waals surface area contributed by atoms with E-state index in [0.29, 0.717) is 10.9 Å². The molecule has 0 saturated heterocycles. The molecular weight excluding hydrogens is 354 g/mol. The monoisotopic (exact) mass is 374 g/mol. The molecule has 1 aromatic heterocycles. The number of aromatic nitrogens is 1. The quantitative estimate of drug-likeness (QED) is 0.454. The SMILES string of the molecule is Fc1cc2ccc(CCc3cccc(NCc4ccccc4)c3)nc2cc1F. The number of hydrogen-bond donors (Lipinski definition) is 1. The van der Waals surface area contributed by atoms with Crippen molar-refractivity contribution in [3.05, 3.63) is 107 Å². The largest absolute Gasteiger partial charge is 0.381 e. The second kappa shape index (κ2) is 8.17. The van der Waals surface area contributed by atoms with E-state index in [4.69, 9.17) is 0 Å². The number of anilines is 1. The van der Waals surface area contributed by atoms with Crippen LogP contribution < -0.4 is 5.32 Å². The molecule has 4 rings (SSSR count). The molecule has 0 saturated carbocycles.